The van der Waals surface area contributed by atoms with Crippen LogP contribution < -0.4 is 16.0 Å². The lowest BCUT2D eigenvalue weighted by Gasteiger charge is -2.23. The van der Waals surface area contributed by atoms with Crippen molar-refractivity contribution in [2.75, 3.05) is 23.7 Å². The summed E-state index contributed by atoms with van der Waals surface area (Å²) < 4.78 is 15.4. The number of anilines is 2. The molecule has 8 heteroatoms. The molecule has 1 aromatic carbocycles. The van der Waals surface area contributed by atoms with E-state index in [1.165, 1.54) is 12.1 Å². The van der Waals surface area contributed by atoms with Gasteiger partial charge in [-0.15, -0.1) is 5.10 Å². The number of piperidine rings is 1. The van der Waals surface area contributed by atoms with Crippen LogP contribution in [0.1, 0.15) is 48.9 Å². The molecular weight excluding hydrogens is 335 g/mol. The first-order valence-corrected chi connectivity index (χ1v) is 8.95. The number of nitrogens with one attached hydrogen (secondary N) is 3. The average molecular weight is 360 g/mol. The van der Waals surface area contributed by atoms with Crippen molar-refractivity contribution in [2.24, 2.45) is 0 Å². The van der Waals surface area contributed by atoms with E-state index >= 15 is 0 Å². The van der Waals surface area contributed by atoms with Gasteiger partial charge in [-0.1, -0.05) is 5.21 Å². The Morgan fingerprint density at radius 3 is 2.73 bits per heavy atom. The van der Waals surface area contributed by atoms with Crippen molar-refractivity contribution >= 4 is 17.3 Å². The molecule has 2 aromatic rings. The number of nitrogens with zero attached hydrogens (tertiary/aromatic N) is 3. The maximum atomic E-state index is 13.5. The van der Waals surface area contributed by atoms with Crippen molar-refractivity contribution in [1.82, 2.24) is 20.3 Å². The van der Waals surface area contributed by atoms with Gasteiger partial charge >= 0.3 is 0 Å². The molecule has 1 fully saturated rings. The third kappa shape index (κ3) is 4.01. The predicted molar refractivity (Wildman–Crippen MR) is 99.0 cm³/mol. The molecule has 140 valence electrons. The Kier molecular flexibility index (Phi) is 5.51. The van der Waals surface area contributed by atoms with Crippen molar-refractivity contribution in [3.05, 3.63) is 35.4 Å². The second-order valence-corrected chi connectivity index (χ2v) is 6.89. The van der Waals surface area contributed by atoms with Crippen LogP contribution >= 0.6 is 0 Å². The molecule has 0 atom stereocenters. The third-order valence-electron chi connectivity index (χ3n) is 4.47. The van der Waals surface area contributed by atoms with E-state index in [0.717, 1.165) is 31.6 Å². The van der Waals surface area contributed by atoms with Crippen LogP contribution in [-0.4, -0.2) is 40.0 Å². The molecule has 2 heterocycles. The summed E-state index contributed by atoms with van der Waals surface area (Å²) in [7, 11) is 0. The summed E-state index contributed by atoms with van der Waals surface area (Å²) in [5.74, 6) is -0.708. The molecule has 3 rings (SSSR count). The Morgan fingerprint density at radius 1 is 1.31 bits per heavy atom. The van der Waals surface area contributed by atoms with E-state index in [1.54, 1.807) is 6.07 Å². The molecule has 1 aliphatic heterocycles. The minimum absolute atomic E-state index is 0.106. The van der Waals surface area contributed by atoms with E-state index < -0.39 is 0 Å². The van der Waals surface area contributed by atoms with Gasteiger partial charge in [0.15, 0.2) is 5.69 Å². The lowest BCUT2D eigenvalue weighted by atomic mass is 10.1. The number of rotatable bonds is 5. The number of carbonyl (C=O) groups is 1. The summed E-state index contributed by atoms with van der Waals surface area (Å²) in [6.45, 7) is 7.63. The summed E-state index contributed by atoms with van der Waals surface area (Å²) in [6, 6.07) is 4.60. The number of hydrogen-bond acceptors (Lipinski definition) is 5. The molecule has 0 unspecified atom stereocenters. The Morgan fingerprint density at radius 2 is 2.04 bits per heavy atom. The quantitative estimate of drug-likeness (QED) is 0.764. The molecule has 0 aliphatic carbocycles. The van der Waals surface area contributed by atoms with Gasteiger partial charge in [0.25, 0.3) is 5.91 Å². The van der Waals surface area contributed by atoms with Gasteiger partial charge in [-0.2, -0.15) is 0 Å². The van der Waals surface area contributed by atoms with Crippen LogP contribution in [0.3, 0.4) is 0 Å². The lowest BCUT2D eigenvalue weighted by molar-refractivity contribution is 0.102. The fraction of sp³-hybridized carbons (Fsp3) is 0.500. The summed E-state index contributed by atoms with van der Waals surface area (Å²) >= 11 is 0. The molecule has 1 aromatic heterocycles. The van der Waals surface area contributed by atoms with Gasteiger partial charge in [0.05, 0.1) is 23.1 Å². The summed E-state index contributed by atoms with van der Waals surface area (Å²) in [5, 5.41) is 17.5. The Bertz CT molecular complexity index is 782. The molecule has 26 heavy (non-hydrogen) atoms. The highest BCUT2D eigenvalue weighted by atomic mass is 19.1. The van der Waals surface area contributed by atoms with Gasteiger partial charge in [0.2, 0.25) is 0 Å². The van der Waals surface area contributed by atoms with Crippen molar-refractivity contribution in [2.45, 2.75) is 45.7 Å². The van der Waals surface area contributed by atoms with Crippen molar-refractivity contribution in [3.63, 3.8) is 0 Å². The molecular formula is C18H25FN6O. The molecule has 7 nitrogen and oxygen atoms in total. The van der Waals surface area contributed by atoms with Crippen LogP contribution in [0.2, 0.25) is 0 Å². The highest BCUT2D eigenvalue weighted by Crippen LogP contribution is 2.25. The number of benzene rings is 1. The molecule has 1 amide bonds. The first kappa shape index (κ1) is 18.3. The lowest BCUT2D eigenvalue weighted by Crippen LogP contribution is -2.30. The second kappa shape index (κ2) is 7.82. The first-order chi connectivity index (χ1) is 12.5. The SMILES string of the molecule is Cc1c(C(=O)Nc2ccc(F)cc2NC(C)C)nnn1C1CCNCC1. The fourth-order valence-electron chi connectivity index (χ4n) is 3.19. The van der Waals surface area contributed by atoms with E-state index in [4.69, 9.17) is 0 Å². The summed E-state index contributed by atoms with van der Waals surface area (Å²) in [6.07, 6.45) is 1.93. The van der Waals surface area contributed by atoms with Crippen molar-refractivity contribution < 1.29 is 9.18 Å². The Balaban J connectivity index is 1.79. The van der Waals surface area contributed by atoms with E-state index in [9.17, 15) is 9.18 Å². The average Bonchev–Trinajstić information content (AvgIpc) is 2.99. The minimum atomic E-state index is -0.362. The van der Waals surface area contributed by atoms with Gasteiger partial charge in [-0.25, -0.2) is 9.07 Å². The van der Waals surface area contributed by atoms with Crippen LogP contribution in [0.15, 0.2) is 18.2 Å². The number of halogens is 1. The van der Waals surface area contributed by atoms with Crippen LogP contribution in [0.4, 0.5) is 15.8 Å². The molecule has 0 spiro atoms. The second-order valence-electron chi connectivity index (χ2n) is 6.89. The van der Waals surface area contributed by atoms with Gasteiger partial charge in [0, 0.05) is 6.04 Å². The summed E-state index contributed by atoms with van der Waals surface area (Å²) in [4.78, 5) is 12.7. The van der Waals surface area contributed by atoms with Crippen molar-refractivity contribution in [1.29, 1.82) is 0 Å². The molecule has 0 bridgehead atoms. The fourth-order valence-corrected chi connectivity index (χ4v) is 3.19. The molecule has 1 saturated heterocycles. The third-order valence-corrected chi connectivity index (χ3v) is 4.47. The highest BCUT2D eigenvalue weighted by Gasteiger charge is 2.23. The monoisotopic (exact) mass is 360 g/mol. The molecule has 0 radical (unpaired) electrons. The van der Waals surface area contributed by atoms with E-state index in [1.807, 2.05) is 25.5 Å². The number of carbonyl (C=O) groups excluding carboxylic acids is 1. The largest absolute Gasteiger partial charge is 0.381 e. The zero-order chi connectivity index (χ0) is 18.7. The van der Waals surface area contributed by atoms with Crippen LogP contribution in [-0.2, 0) is 0 Å². The number of hydrogen-bond donors (Lipinski definition) is 3. The number of aromatic nitrogens is 3. The smallest absolute Gasteiger partial charge is 0.278 e. The predicted octanol–water partition coefficient (Wildman–Crippen LogP) is 2.72. The maximum absolute atomic E-state index is 13.5. The van der Waals surface area contributed by atoms with Crippen LogP contribution in [0.25, 0.3) is 0 Å². The topological polar surface area (TPSA) is 83.9 Å². The van der Waals surface area contributed by atoms with Gasteiger partial charge in [-0.05, 0) is 64.9 Å². The Labute approximate surface area is 152 Å². The Hall–Kier alpha value is -2.48. The standard InChI is InChI=1S/C18H25FN6O/c1-11(2)21-16-10-13(19)4-5-15(16)22-18(26)17-12(3)25(24-23-17)14-6-8-20-9-7-14/h4-5,10-11,14,20-21H,6-9H2,1-3H3,(H,22,26). The zero-order valence-corrected chi connectivity index (χ0v) is 15.3. The summed E-state index contributed by atoms with van der Waals surface area (Å²) in [5.41, 5.74) is 2.09. The van der Waals surface area contributed by atoms with E-state index in [2.05, 4.69) is 26.3 Å². The maximum Gasteiger partial charge on any atom is 0.278 e. The van der Waals surface area contributed by atoms with Gasteiger partial charge in [-0.3, -0.25) is 4.79 Å². The van der Waals surface area contributed by atoms with Gasteiger partial charge in [0.1, 0.15) is 5.82 Å². The minimum Gasteiger partial charge on any atom is -0.381 e. The van der Waals surface area contributed by atoms with E-state index in [0.29, 0.717) is 17.1 Å². The molecule has 0 saturated carbocycles. The number of amides is 1. The van der Waals surface area contributed by atoms with Crippen LogP contribution in [0.5, 0.6) is 0 Å². The van der Waals surface area contributed by atoms with Gasteiger partial charge < -0.3 is 16.0 Å². The van der Waals surface area contributed by atoms with E-state index in [-0.39, 0.29) is 23.8 Å². The first-order valence-electron chi connectivity index (χ1n) is 8.95. The van der Waals surface area contributed by atoms with Crippen LogP contribution in [0, 0.1) is 12.7 Å². The normalized spacial score (nSPS) is 15.3. The molecule has 1 aliphatic rings. The van der Waals surface area contributed by atoms with Crippen molar-refractivity contribution in [3.8, 4) is 0 Å². The zero-order valence-electron chi connectivity index (χ0n) is 15.3. The highest BCUT2D eigenvalue weighted by molar-refractivity contribution is 6.05. The molecule has 3 N–H and O–H groups in total.